The van der Waals surface area contributed by atoms with Gasteiger partial charge in [-0.05, 0) is 0 Å². The maximum absolute atomic E-state index is 8.76. The van der Waals surface area contributed by atoms with Crippen LogP contribution in [-0.4, -0.2) is 43.9 Å². The molecule has 8 heteroatoms. The molecule has 2 heterocycles. The Labute approximate surface area is 97.7 Å². The fourth-order valence-corrected chi connectivity index (χ4v) is 1.55. The van der Waals surface area contributed by atoms with E-state index in [0.717, 1.165) is 0 Å². The zero-order chi connectivity index (χ0) is 12.3. The van der Waals surface area contributed by atoms with Crippen molar-refractivity contribution in [1.29, 1.82) is 0 Å². The highest BCUT2D eigenvalue weighted by Gasteiger charge is 2.10. The number of anilines is 1. The van der Waals surface area contributed by atoms with E-state index in [2.05, 4.69) is 20.3 Å². The number of aliphatic hydroxyl groups excluding tert-OH is 1. The van der Waals surface area contributed by atoms with Crippen LogP contribution >= 0.6 is 0 Å². The fraction of sp³-hybridized carbons (Fsp3) is 0.444. The highest BCUT2D eigenvalue weighted by atomic mass is 16.3. The van der Waals surface area contributed by atoms with E-state index in [9.17, 15) is 0 Å². The molecule has 0 spiro atoms. The Morgan fingerprint density at radius 3 is 2.88 bits per heavy atom. The number of hydrogen-bond donors (Lipinski definition) is 4. The molecular weight excluding hydrogens is 222 g/mol. The smallest absolute Gasteiger partial charge is 0.165 e. The van der Waals surface area contributed by atoms with E-state index in [-0.39, 0.29) is 6.61 Å². The number of hydrogen-bond acceptors (Lipinski definition) is 7. The van der Waals surface area contributed by atoms with Gasteiger partial charge in [0.1, 0.15) is 11.8 Å². The third-order valence-electron chi connectivity index (χ3n) is 2.21. The molecule has 8 nitrogen and oxygen atoms in total. The summed E-state index contributed by atoms with van der Waals surface area (Å²) in [6.45, 7) is 0.877. The number of nitrogens with zero attached hydrogens (tertiary/aromatic N) is 4. The largest absolute Gasteiger partial charge is 0.395 e. The molecule has 0 bridgehead atoms. The van der Waals surface area contributed by atoms with Gasteiger partial charge in [-0.15, -0.1) is 0 Å². The molecule has 0 aliphatic rings. The number of imidazole rings is 1. The van der Waals surface area contributed by atoms with Crippen molar-refractivity contribution in [3.8, 4) is 0 Å². The Morgan fingerprint density at radius 1 is 1.35 bits per heavy atom. The molecule has 2 aromatic rings. The zero-order valence-corrected chi connectivity index (χ0v) is 9.24. The van der Waals surface area contributed by atoms with E-state index in [0.29, 0.717) is 30.1 Å². The minimum atomic E-state index is -0.462. The summed E-state index contributed by atoms with van der Waals surface area (Å²) in [6, 6.07) is 0. The predicted molar refractivity (Wildman–Crippen MR) is 63.1 cm³/mol. The molecule has 0 unspecified atom stereocenters. The fourth-order valence-electron chi connectivity index (χ4n) is 1.55. The van der Waals surface area contributed by atoms with Gasteiger partial charge in [0, 0.05) is 6.54 Å². The molecule has 0 aliphatic carbocycles. The van der Waals surface area contributed by atoms with Gasteiger partial charge in [-0.2, -0.15) is 0 Å². The summed E-state index contributed by atoms with van der Waals surface area (Å²) in [6.07, 6.45) is 2.59. The van der Waals surface area contributed by atoms with Gasteiger partial charge in [0.2, 0.25) is 0 Å². The summed E-state index contributed by atoms with van der Waals surface area (Å²) in [5.74, 6) is 0.591. The molecule has 0 saturated carbocycles. The van der Waals surface area contributed by atoms with Crippen LogP contribution in [0, 0.1) is 0 Å². The lowest BCUT2D eigenvalue weighted by atomic mass is 10.4. The van der Waals surface area contributed by atoms with Gasteiger partial charge in [0.05, 0.1) is 25.6 Å². The van der Waals surface area contributed by atoms with E-state index in [1.807, 2.05) is 0 Å². The van der Waals surface area contributed by atoms with Gasteiger partial charge >= 0.3 is 0 Å². The zero-order valence-electron chi connectivity index (χ0n) is 9.24. The normalized spacial score (nSPS) is 11.3. The summed E-state index contributed by atoms with van der Waals surface area (Å²) in [5.41, 5.74) is 12.4. The number of aliphatic hydroxyl groups is 1. The molecule has 2 aromatic heterocycles. The van der Waals surface area contributed by atoms with E-state index >= 15 is 0 Å². The van der Waals surface area contributed by atoms with Crippen molar-refractivity contribution < 1.29 is 5.11 Å². The predicted octanol–water partition coefficient (Wildman–Crippen LogP) is -1.53. The highest BCUT2D eigenvalue weighted by molar-refractivity contribution is 5.82. The van der Waals surface area contributed by atoms with Gasteiger partial charge in [-0.1, -0.05) is 0 Å². The molecule has 0 fully saturated rings. The Morgan fingerprint density at radius 2 is 2.18 bits per heavy atom. The lowest BCUT2D eigenvalue weighted by molar-refractivity contribution is 0.311. The first kappa shape index (κ1) is 11.7. The molecule has 0 aliphatic heterocycles. The summed E-state index contributed by atoms with van der Waals surface area (Å²) in [4.78, 5) is 12.4. The average molecular weight is 237 g/mol. The number of fused-ring (bicyclic) bond motifs is 1. The van der Waals surface area contributed by atoms with Crippen LogP contribution in [0.1, 0.15) is 0 Å². The number of aromatic nitrogens is 4. The van der Waals surface area contributed by atoms with Gasteiger partial charge in [0.25, 0.3) is 0 Å². The van der Waals surface area contributed by atoms with Gasteiger partial charge in [-0.25, -0.2) is 15.0 Å². The van der Waals surface area contributed by atoms with Crippen molar-refractivity contribution in [1.82, 2.24) is 19.5 Å². The van der Waals surface area contributed by atoms with Crippen LogP contribution < -0.4 is 16.8 Å². The second-order valence-electron chi connectivity index (χ2n) is 3.61. The van der Waals surface area contributed by atoms with Crippen LogP contribution in [-0.2, 0) is 6.54 Å². The van der Waals surface area contributed by atoms with Crippen molar-refractivity contribution in [3.05, 3.63) is 12.7 Å². The lowest BCUT2D eigenvalue weighted by Crippen LogP contribution is -2.34. The first-order chi connectivity index (χ1) is 8.22. The minimum Gasteiger partial charge on any atom is -0.395 e. The molecular formula is C9H15N7O. The molecule has 6 N–H and O–H groups in total. The van der Waals surface area contributed by atoms with Crippen molar-refractivity contribution >= 4 is 17.0 Å². The summed E-state index contributed by atoms with van der Waals surface area (Å²) in [7, 11) is 0. The summed E-state index contributed by atoms with van der Waals surface area (Å²) < 4.78 is 1.77. The van der Waals surface area contributed by atoms with Gasteiger partial charge in [-0.3, -0.25) is 0 Å². The van der Waals surface area contributed by atoms with Gasteiger partial charge < -0.3 is 26.5 Å². The first-order valence-electron chi connectivity index (χ1n) is 5.24. The maximum atomic E-state index is 8.76. The standard InChI is InChI=1S/C9H15N7O/c10-6(11)3-16-5-15-7-8(12-1-2-17)13-4-14-9(7)16/h4-6,17H,1-3,10-11H2,(H,12,13,14). The average Bonchev–Trinajstić information content (AvgIpc) is 2.70. The second-order valence-corrected chi connectivity index (χ2v) is 3.61. The maximum Gasteiger partial charge on any atom is 0.165 e. The molecule has 2 rings (SSSR count). The number of nitrogens with one attached hydrogen (secondary N) is 1. The Bertz CT molecular complexity index is 495. The van der Waals surface area contributed by atoms with Crippen LogP contribution in [0.4, 0.5) is 5.82 Å². The van der Waals surface area contributed by atoms with Crippen molar-refractivity contribution in [2.24, 2.45) is 11.5 Å². The van der Waals surface area contributed by atoms with E-state index in [1.54, 1.807) is 10.9 Å². The highest BCUT2D eigenvalue weighted by Crippen LogP contribution is 2.16. The monoisotopic (exact) mass is 237 g/mol. The van der Waals surface area contributed by atoms with E-state index in [4.69, 9.17) is 16.6 Å². The second kappa shape index (κ2) is 5.04. The van der Waals surface area contributed by atoms with E-state index < -0.39 is 6.17 Å². The summed E-state index contributed by atoms with van der Waals surface area (Å²) >= 11 is 0. The first-order valence-corrected chi connectivity index (χ1v) is 5.24. The number of nitrogens with two attached hydrogens (primary N) is 2. The van der Waals surface area contributed by atoms with E-state index in [1.165, 1.54) is 6.33 Å². The summed E-state index contributed by atoms with van der Waals surface area (Å²) in [5, 5.41) is 11.7. The quantitative estimate of drug-likeness (QED) is 0.464. The van der Waals surface area contributed by atoms with Crippen LogP contribution in [0.25, 0.3) is 11.2 Å². The van der Waals surface area contributed by atoms with Crippen LogP contribution in [0.5, 0.6) is 0 Å². The van der Waals surface area contributed by atoms with Crippen molar-refractivity contribution in [3.63, 3.8) is 0 Å². The number of rotatable bonds is 5. The third-order valence-corrected chi connectivity index (χ3v) is 2.21. The molecule has 17 heavy (non-hydrogen) atoms. The van der Waals surface area contributed by atoms with Crippen molar-refractivity contribution in [2.75, 3.05) is 18.5 Å². The Kier molecular flexibility index (Phi) is 3.47. The molecule has 0 amide bonds. The van der Waals surface area contributed by atoms with Crippen LogP contribution in [0.3, 0.4) is 0 Å². The Balaban J connectivity index is 2.35. The van der Waals surface area contributed by atoms with Crippen LogP contribution in [0.2, 0.25) is 0 Å². The minimum absolute atomic E-state index is 0.0277. The molecule has 0 radical (unpaired) electrons. The topological polar surface area (TPSA) is 128 Å². The third kappa shape index (κ3) is 2.49. The molecule has 0 atom stereocenters. The Hall–Kier alpha value is -1.77. The van der Waals surface area contributed by atoms with Gasteiger partial charge in [0.15, 0.2) is 11.5 Å². The van der Waals surface area contributed by atoms with Crippen molar-refractivity contribution in [2.45, 2.75) is 12.7 Å². The lowest BCUT2D eigenvalue weighted by Gasteiger charge is -2.07. The molecule has 0 aromatic carbocycles. The molecule has 0 saturated heterocycles. The van der Waals surface area contributed by atoms with Crippen LogP contribution in [0.15, 0.2) is 12.7 Å². The SMILES string of the molecule is NC(N)Cn1cnc2c(NCCO)ncnc21. The molecule has 92 valence electrons.